The Hall–Kier alpha value is -1.84. The molecule has 0 saturated heterocycles. The molecule has 0 spiro atoms. The molecular formula is C15H21NO3. The molecule has 0 atom stereocenters. The number of hydrogen-bond donors (Lipinski definition) is 0. The number of benzene rings is 1. The van der Waals surface area contributed by atoms with Crippen LogP contribution >= 0.6 is 0 Å². The predicted octanol–water partition coefficient (Wildman–Crippen LogP) is 3.36. The van der Waals surface area contributed by atoms with Gasteiger partial charge in [0.05, 0.1) is 0 Å². The highest BCUT2D eigenvalue weighted by Crippen LogP contribution is 2.05. The Balaban J connectivity index is 2.46. The van der Waals surface area contributed by atoms with Crippen molar-refractivity contribution in [1.82, 2.24) is 4.90 Å². The van der Waals surface area contributed by atoms with E-state index < -0.39 is 6.09 Å². The third-order valence-electron chi connectivity index (χ3n) is 2.79. The molecule has 1 aromatic rings. The molecule has 2 amide bonds. The van der Waals surface area contributed by atoms with Gasteiger partial charge in [-0.2, -0.15) is 0 Å². The van der Waals surface area contributed by atoms with Crippen LogP contribution < -0.4 is 0 Å². The molecule has 0 aliphatic rings. The minimum atomic E-state index is -0.563. The van der Waals surface area contributed by atoms with Gasteiger partial charge in [0.15, 0.2) is 0 Å². The minimum Gasteiger partial charge on any atom is -0.444 e. The Labute approximate surface area is 114 Å². The van der Waals surface area contributed by atoms with Crippen LogP contribution in [0.2, 0.25) is 0 Å². The highest BCUT2D eigenvalue weighted by atomic mass is 16.6. The maximum absolute atomic E-state index is 11.8. The first kappa shape index (κ1) is 15.2. The summed E-state index contributed by atoms with van der Waals surface area (Å²) in [4.78, 5) is 24.4. The van der Waals surface area contributed by atoms with Crippen molar-refractivity contribution < 1.29 is 14.3 Å². The summed E-state index contributed by atoms with van der Waals surface area (Å²) >= 11 is 0. The zero-order valence-electron chi connectivity index (χ0n) is 11.6. The summed E-state index contributed by atoms with van der Waals surface area (Å²) in [5.74, 6) is -0.269. The molecule has 19 heavy (non-hydrogen) atoms. The number of rotatable bonds is 6. The summed E-state index contributed by atoms with van der Waals surface area (Å²) in [6.45, 7) is 4.08. The summed E-state index contributed by atoms with van der Waals surface area (Å²) in [6, 6.07) is 9.42. The lowest BCUT2D eigenvalue weighted by atomic mass is 10.2. The first-order chi connectivity index (χ1) is 9.15. The normalized spacial score (nSPS) is 10.0. The molecule has 4 heteroatoms. The number of ether oxygens (including phenoxy) is 1. The number of unbranched alkanes of at least 4 members (excludes halogenated alkanes) is 2. The van der Waals surface area contributed by atoms with E-state index in [2.05, 4.69) is 6.92 Å². The van der Waals surface area contributed by atoms with E-state index in [1.165, 1.54) is 11.8 Å². The van der Waals surface area contributed by atoms with Gasteiger partial charge in [-0.1, -0.05) is 50.1 Å². The molecule has 4 nitrogen and oxygen atoms in total. The van der Waals surface area contributed by atoms with Gasteiger partial charge in [-0.05, 0) is 12.0 Å². The zero-order valence-corrected chi connectivity index (χ0v) is 11.6. The Kier molecular flexibility index (Phi) is 6.64. The lowest BCUT2D eigenvalue weighted by Gasteiger charge is -2.18. The van der Waals surface area contributed by atoms with Crippen molar-refractivity contribution in [3.05, 3.63) is 35.9 Å². The van der Waals surface area contributed by atoms with Crippen molar-refractivity contribution in [2.75, 3.05) is 6.54 Å². The fraction of sp³-hybridized carbons (Fsp3) is 0.467. The Morgan fingerprint density at radius 2 is 1.84 bits per heavy atom. The fourth-order valence-corrected chi connectivity index (χ4v) is 1.69. The van der Waals surface area contributed by atoms with Crippen molar-refractivity contribution in [2.24, 2.45) is 0 Å². The molecular weight excluding hydrogens is 242 g/mol. The summed E-state index contributed by atoms with van der Waals surface area (Å²) in [5.41, 5.74) is 0.910. The van der Waals surface area contributed by atoms with Gasteiger partial charge in [-0.3, -0.25) is 4.79 Å². The second kappa shape index (κ2) is 8.29. The van der Waals surface area contributed by atoms with Crippen LogP contribution in [-0.4, -0.2) is 23.4 Å². The Morgan fingerprint density at radius 3 is 2.42 bits per heavy atom. The third kappa shape index (κ3) is 5.55. The average Bonchev–Trinajstić information content (AvgIpc) is 2.42. The highest BCUT2D eigenvalue weighted by molar-refractivity contribution is 5.90. The summed E-state index contributed by atoms with van der Waals surface area (Å²) in [5, 5.41) is 0. The fourth-order valence-electron chi connectivity index (χ4n) is 1.69. The van der Waals surface area contributed by atoms with Crippen LogP contribution in [0.5, 0.6) is 0 Å². The van der Waals surface area contributed by atoms with Gasteiger partial charge >= 0.3 is 6.09 Å². The van der Waals surface area contributed by atoms with E-state index in [-0.39, 0.29) is 12.5 Å². The van der Waals surface area contributed by atoms with Crippen LogP contribution in [-0.2, 0) is 16.1 Å². The van der Waals surface area contributed by atoms with Crippen molar-refractivity contribution in [3.8, 4) is 0 Å². The topological polar surface area (TPSA) is 46.6 Å². The van der Waals surface area contributed by atoms with E-state index in [0.717, 1.165) is 24.8 Å². The number of carbonyl (C=O) groups is 2. The lowest BCUT2D eigenvalue weighted by molar-refractivity contribution is -0.127. The molecule has 0 aliphatic heterocycles. The summed E-state index contributed by atoms with van der Waals surface area (Å²) in [6.07, 6.45) is 2.30. The molecule has 0 aliphatic carbocycles. The Morgan fingerprint density at radius 1 is 1.16 bits per heavy atom. The largest absolute Gasteiger partial charge is 0.444 e. The van der Waals surface area contributed by atoms with Gasteiger partial charge in [0.1, 0.15) is 6.61 Å². The molecule has 0 saturated carbocycles. The quantitative estimate of drug-likeness (QED) is 0.739. The number of amides is 2. The molecule has 0 aromatic heterocycles. The molecule has 0 unspecified atom stereocenters. The van der Waals surface area contributed by atoms with E-state index in [1.54, 1.807) is 0 Å². The third-order valence-corrected chi connectivity index (χ3v) is 2.79. The van der Waals surface area contributed by atoms with Gasteiger partial charge < -0.3 is 4.74 Å². The molecule has 0 heterocycles. The maximum atomic E-state index is 11.8. The van der Waals surface area contributed by atoms with Crippen LogP contribution in [0.15, 0.2) is 30.3 Å². The first-order valence-corrected chi connectivity index (χ1v) is 6.64. The molecule has 0 N–H and O–H groups in total. The SMILES string of the molecule is CCCCCN(C(C)=O)C(=O)OCc1ccccc1. The molecule has 0 bridgehead atoms. The molecule has 0 radical (unpaired) electrons. The highest BCUT2D eigenvalue weighted by Gasteiger charge is 2.18. The summed E-state index contributed by atoms with van der Waals surface area (Å²) in [7, 11) is 0. The van der Waals surface area contributed by atoms with Crippen molar-refractivity contribution >= 4 is 12.0 Å². The van der Waals surface area contributed by atoms with E-state index in [4.69, 9.17) is 4.74 Å². The zero-order chi connectivity index (χ0) is 14.1. The van der Waals surface area contributed by atoms with Crippen molar-refractivity contribution in [3.63, 3.8) is 0 Å². The average molecular weight is 263 g/mol. The van der Waals surface area contributed by atoms with E-state index >= 15 is 0 Å². The molecule has 1 rings (SSSR count). The van der Waals surface area contributed by atoms with Crippen LogP contribution in [0, 0.1) is 0 Å². The van der Waals surface area contributed by atoms with Gasteiger partial charge in [0.25, 0.3) is 0 Å². The number of carbonyl (C=O) groups excluding carboxylic acids is 2. The maximum Gasteiger partial charge on any atom is 0.416 e. The first-order valence-electron chi connectivity index (χ1n) is 6.64. The van der Waals surface area contributed by atoms with E-state index in [0.29, 0.717) is 6.54 Å². The number of hydrogen-bond acceptors (Lipinski definition) is 3. The van der Waals surface area contributed by atoms with Crippen LogP contribution in [0.1, 0.15) is 38.7 Å². The molecule has 1 aromatic carbocycles. The van der Waals surface area contributed by atoms with Gasteiger partial charge in [0, 0.05) is 13.5 Å². The van der Waals surface area contributed by atoms with Crippen LogP contribution in [0.3, 0.4) is 0 Å². The second-order valence-corrected chi connectivity index (χ2v) is 4.42. The van der Waals surface area contributed by atoms with Crippen molar-refractivity contribution in [1.29, 1.82) is 0 Å². The van der Waals surface area contributed by atoms with E-state index in [9.17, 15) is 9.59 Å². The summed E-state index contributed by atoms with van der Waals surface area (Å²) < 4.78 is 5.15. The number of nitrogens with zero attached hydrogens (tertiary/aromatic N) is 1. The van der Waals surface area contributed by atoms with Crippen LogP contribution in [0.25, 0.3) is 0 Å². The van der Waals surface area contributed by atoms with Crippen molar-refractivity contribution in [2.45, 2.75) is 39.7 Å². The van der Waals surface area contributed by atoms with Gasteiger partial charge in [-0.15, -0.1) is 0 Å². The van der Waals surface area contributed by atoms with Crippen LogP contribution in [0.4, 0.5) is 4.79 Å². The predicted molar refractivity (Wildman–Crippen MR) is 73.5 cm³/mol. The number of imide groups is 1. The monoisotopic (exact) mass is 263 g/mol. The lowest BCUT2D eigenvalue weighted by Crippen LogP contribution is -2.36. The molecule has 0 fully saturated rings. The van der Waals surface area contributed by atoms with E-state index in [1.807, 2.05) is 30.3 Å². The van der Waals surface area contributed by atoms with Gasteiger partial charge in [0.2, 0.25) is 5.91 Å². The Bertz CT molecular complexity index is 403. The second-order valence-electron chi connectivity index (χ2n) is 4.42. The smallest absolute Gasteiger partial charge is 0.416 e. The molecule has 104 valence electrons. The standard InChI is InChI=1S/C15H21NO3/c1-3-4-8-11-16(13(2)17)15(18)19-12-14-9-6-5-7-10-14/h5-7,9-10H,3-4,8,11-12H2,1-2H3. The van der Waals surface area contributed by atoms with Gasteiger partial charge in [-0.25, -0.2) is 9.69 Å². The minimum absolute atomic E-state index is 0.192.